The van der Waals surface area contributed by atoms with Gasteiger partial charge in [0.25, 0.3) is 5.91 Å². The maximum absolute atomic E-state index is 12.8. The zero-order valence-electron chi connectivity index (χ0n) is 13.7. The van der Waals surface area contributed by atoms with Crippen molar-refractivity contribution in [2.45, 2.75) is 19.1 Å². The lowest BCUT2D eigenvalue weighted by Gasteiger charge is -2.06. The Kier molecular flexibility index (Phi) is 7.39. The quantitative estimate of drug-likeness (QED) is 0.674. The van der Waals surface area contributed by atoms with Gasteiger partial charge in [-0.2, -0.15) is 4.98 Å². The second-order valence-corrected chi connectivity index (χ2v) is 6.10. The van der Waals surface area contributed by atoms with E-state index in [0.29, 0.717) is 30.4 Å². The van der Waals surface area contributed by atoms with E-state index in [0.717, 1.165) is 5.56 Å². The number of halogens is 1. The first-order valence-electron chi connectivity index (χ1n) is 7.56. The van der Waals surface area contributed by atoms with Crippen molar-refractivity contribution in [1.29, 1.82) is 0 Å². The highest BCUT2D eigenvalue weighted by Gasteiger charge is 2.09. The van der Waals surface area contributed by atoms with Gasteiger partial charge in [0.05, 0.1) is 11.5 Å². The molecule has 2 rings (SSSR count). The van der Waals surface area contributed by atoms with E-state index < -0.39 is 5.97 Å². The number of carbonyl (C=O) groups excluding carboxylic acids is 2. The van der Waals surface area contributed by atoms with Gasteiger partial charge in [0.1, 0.15) is 5.82 Å². The van der Waals surface area contributed by atoms with Crippen LogP contribution in [0.2, 0.25) is 0 Å². The fourth-order valence-electron chi connectivity index (χ4n) is 1.86. The molecular weight excluding hydrogens is 349 g/mol. The number of hydrogen-bond donors (Lipinski definition) is 1. The molecular formula is C16H18FN3O4S. The highest BCUT2D eigenvalue weighted by molar-refractivity contribution is 7.99. The van der Waals surface area contributed by atoms with Gasteiger partial charge < -0.3 is 14.6 Å². The van der Waals surface area contributed by atoms with Gasteiger partial charge in [0, 0.05) is 13.5 Å². The Hall–Kier alpha value is -2.42. The molecule has 1 amide bonds. The van der Waals surface area contributed by atoms with Crippen molar-refractivity contribution in [1.82, 2.24) is 15.5 Å². The smallest absolute Gasteiger partial charge is 0.316 e. The van der Waals surface area contributed by atoms with E-state index in [-0.39, 0.29) is 24.1 Å². The average molecular weight is 367 g/mol. The van der Waals surface area contributed by atoms with E-state index in [1.54, 1.807) is 19.1 Å². The van der Waals surface area contributed by atoms with Crippen molar-refractivity contribution in [2.75, 3.05) is 18.9 Å². The molecule has 25 heavy (non-hydrogen) atoms. The normalized spacial score (nSPS) is 10.5. The summed E-state index contributed by atoms with van der Waals surface area (Å²) in [5.41, 5.74) is 0.909. The molecule has 0 aliphatic carbocycles. The third-order valence-corrected chi connectivity index (χ3v) is 3.94. The molecule has 0 saturated carbocycles. The van der Waals surface area contributed by atoms with Crippen LogP contribution < -0.4 is 5.32 Å². The predicted octanol–water partition coefficient (Wildman–Crippen LogP) is 1.65. The summed E-state index contributed by atoms with van der Waals surface area (Å²) in [4.78, 5) is 27.2. The van der Waals surface area contributed by atoms with E-state index in [9.17, 15) is 14.0 Å². The SMILES string of the molecule is Cc1nc(CSCC(=O)OCC(=O)NCCc2ccc(F)cc2)no1. The summed E-state index contributed by atoms with van der Waals surface area (Å²) >= 11 is 1.27. The number of nitrogens with one attached hydrogen (secondary N) is 1. The van der Waals surface area contributed by atoms with Gasteiger partial charge in [-0.15, -0.1) is 11.8 Å². The van der Waals surface area contributed by atoms with Gasteiger partial charge in [-0.25, -0.2) is 4.39 Å². The highest BCUT2D eigenvalue weighted by atomic mass is 32.2. The minimum atomic E-state index is -0.487. The third kappa shape index (κ3) is 7.34. The summed E-state index contributed by atoms with van der Waals surface area (Å²) in [7, 11) is 0. The molecule has 1 heterocycles. The first-order valence-corrected chi connectivity index (χ1v) is 8.72. The van der Waals surface area contributed by atoms with Crippen molar-refractivity contribution in [3.63, 3.8) is 0 Å². The van der Waals surface area contributed by atoms with Crippen molar-refractivity contribution >= 4 is 23.6 Å². The molecule has 2 aromatic rings. The zero-order valence-corrected chi connectivity index (χ0v) is 14.5. The lowest BCUT2D eigenvalue weighted by Crippen LogP contribution is -2.30. The first kappa shape index (κ1) is 18.9. The molecule has 0 saturated heterocycles. The zero-order chi connectivity index (χ0) is 18.1. The Morgan fingerprint density at radius 3 is 2.76 bits per heavy atom. The fourth-order valence-corrected chi connectivity index (χ4v) is 2.51. The third-order valence-electron chi connectivity index (χ3n) is 3.03. The number of hydrogen-bond acceptors (Lipinski definition) is 7. The number of nitrogens with zero attached hydrogens (tertiary/aromatic N) is 2. The summed E-state index contributed by atoms with van der Waals surface area (Å²) < 4.78 is 22.5. The number of benzene rings is 1. The lowest BCUT2D eigenvalue weighted by molar-refractivity contribution is -0.145. The number of amides is 1. The lowest BCUT2D eigenvalue weighted by atomic mass is 10.1. The van der Waals surface area contributed by atoms with E-state index in [1.165, 1.54) is 23.9 Å². The minimum absolute atomic E-state index is 0.0937. The van der Waals surface area contributed by atoms with Crippen LogP contribution >= 0.6 is 11.8 Å². The van der Waals surface area contributed by atoms with Crippen LogP contribution in [0.25, 0.3) is 0 Å². The monoisotopic (exact) mass is 367 g/mol. The van der Waals surface area contributed by atoms with Crippen molar-refractivity contribution < 1.29 is 23.2 Å². The molecule has 0 unspecified atom stereocenters. The van der Waals surface area contributed by atoms with Crippen LogP contribution in [0.15, 0.2) is 28.8 Å². The van der Waals surface area contributed by atoms with Crippen LogP contribution in [-0.2, 0) is 26.5 Å². The average Bonchev–Trinajstić information content (AvgIpc) is 3.00. The summed E-state index contributed by atoms with van der Waals surface area (Å²) in [6.45, 7) is 1.74. The number of aryl methyl sites for hydroxylation is 1. The van der Waals surface area contributed by atoms with Crippen molar-refractivity contribution in [3.05, 3.63) is 47.4 Å². The Morgan fingerprint density at radius 1 is 1.32 bits per heavy atom. The molecule has 1 aromatic carbocycles. The van der Waals surface area contributed by atoms with Gasteiger partial charge in [0.2, 0.25) is 5.89 Å². The maximum Gasteiger partial charge on any atom is 0.316 e. The van der Waals surface area contributed by atoms with Gasteiger partial charge in [-0.05, 0) is 24.1 Å². The van der Waals surface area contributed by atoms with Gasteiger partial charge in [0.15, 0.2) is 12.4 Å². The van der Waals surface area contributed by atoms with E-state index in [1.807, 2.05) is 0 Å². The molecule has 1 aromatic heterocycles. The Bertz CT molecular complexity index is 706. The van der Waals surface area contributed by atoms with Crippen molar-refractivity contribution in [2.24, 2.45) is 0 Å². The standard InChI is InChI=1S/C16H18FN3O4S/c1-11-19-14(20-24-11)9-25-10-16(22)23-8-15(21)18-7-6-12-2-4-13(17)5-3-12/h2-5H,6-10H2,1H3,(H,18,21). The summed E-state index contributed by atoms with van der Waals surface area (Å²) in [5.74, 6) is 0.330. The Labute approximate surface area is 148 Å². The van der Waals surface area contributed by atoms with Gasteiger partial charge in [-0.1, -0.05) is 17.3 Å². The minimum Gasteiger partial charge on any atom is -0.455 e. The molecule has 0 fully saturated rings. The van der Waals surface area contributed by atoms with E-state index in [4.69, 9.17) is 9.26 Å². The number of esters is 1. The second kappa shape index (κ2) is 9.77. The fraction of sp³-hybridized carbons (Fsp3) is 0.375. The molecule has 9 heteroatoms. The number of thioether (sulfide) groups is 1. The van der Waals surface area contributed by atoms with Crippen LogP contribution in [0.5, 0.6) is 0 Å². The largest absolute Gasteiger partial charge is 0.455 e. The first-order chi connectivity index (χ1) is 12.0. The topological polar surface area (TPSA) is 94.3 Å². The van der Waals surface area contributed by atoms with Crippen molar-refractivity contribution in [3.8, 4) is 0 Å². The molecule has 134 valence electrons. The molecule has 7 nitrogen and oxygen atoms in total. The second-order valence-electron chi connectivity index (χ2n) is 5.11. The molecule has 0 atom stereocenters. The van der Waals surface area contributed by atoms with Crippen LogP contribution in [0, 0.1) is 12.7 Å². The molecule has 0 aliphatic rings. The summed E-state index contributed by atoms with van der Waals surface area (Å²) in [6.07, 6.45) is 0.569. The van der Waals surface area contributed by atoms with Crippen LogP contribution in [0.1, 0.15) is 17.3 Å². The number of aromatic nitrogens is 2. The highest BCUT2D eigenvalue weighted by Crippen LogP contribution is 2.09. The van der Waals surface area contributed by atoms with E-state index >= 15 is 0 Å². The molecule has 0 bridgehead atoms. The number of carbonyl (C=O) groups is 2. The maximum atomic E-state index is 12.8. The van der Waals surface area contributed by atoms with Crippen LogP contribution in [0.3, 0.4) is 0 Å². The summed E-state index contributed by atoms with van der Waals surface area (Å²) in [5, 5.41) is 6.34. The number of rotatable bonds is 9. The molecule has 0 aliphatic heterocycles. The predicted molar refractivity (Wildman–Crippen MR) is 89.3 cm³/mol. The molecule has 0 radical (unpaired) electrons. The van der Waals surface area contributed by atoms with E-state index in [2.05, 4.69) is 15.5 Å². The number of ether oxygens (including phenoxy) is 1. The molecule has 0 spiro atoms. The Balaban J connectivity index is 1.54. The molecule has 1 N–H and O–H groups in total. The Morgan fingerprint density at radius 2 is 2.08 bits per heavy atom. The van der Waals surface area contributed by atoms with Crippen LogP contribution in [0.4, 0.5) is 4.39 Å². The van der Waals surface area contributed by atoms with Gasteiger partial charge >= 0.3 is 5.97 Å². The summed E-state index contributed by atoms with van der Waals surface area (Å²) in [6, 6.07) is 6.05. The van der Waals surface area contributed by atoms with Crippen LogP contribution in [-0.4, -0.2) is 40.9 Å². The van der Waals surface area contributed by atoms with Gasteiger partial charge in [-0.3, -0.25) is 9.59 Å².